The molecule has 0 bridgehead atoms. The first kappa shape index (κ1) is 24.6. The Morgan fingerprint density at radius 3 is 2.17 bits per heavy atom. The van der Waals surface area contributed by atoms with Crippen molar-refractivity contribution in [1.82, 2.24) is 15.3 Å². The van der Waals surface area contributed by atoms with Crippen molar-refractivity contribution in [3.63, 3.8) is 0 Å². The Balaban J connectivity index is 1.18. The average Bonchev–Trinajstić information content (AvgIpc) is 2.92. The molecule has 6 heteroatoms. The summed E-state index contributed by atoms with van der Waals surface area (Å²) >= 11 is 1.94. The van der Waals surface area contributed by atoms with Crippen molar-refractivity contribution in [2.75, 3.05) is 30.9 Å². The molecule has 4 aromatic rings. The third kappa shape index (κ3) is 6.18. The highest BCUT2D eigenvalue weighted by Gasteiger charge is 2.23. The molecule has 0 amide bonds. The molecule has 1 fully saturated rings. The Hall–Kier alpha value is -3.09. The number of nitrogens with one attached hydrogen (secondary N) is 2. The smallest absolute Gasteiger partial charge is 0.225 e. The monoisotopic (exact) mass is 497 g/mol. The summed E-state index contributed by atoms with van der Waals surface area (Å²) in [6.45, 7) is 0.965. The van der Waals surface area contributed by atoms with Crippen LogP contribution in [0.2, 0.25) is 0 Å². The van der Waals surface area contributed by atoms with Gasteiger partial charge in [-0.1, -0.05) is 60.7 Å². The van der Waals surface area contributed by atoms with Crippen molar-refractivity contribution < 1.29 is 0 Å². The molecule has 5 nitrogen and oxygen atoms in total. The summed E-state index contributed by atoms with van der Waals surface area (Å²) in [5.74, 6) is 1.69. The summed E-state index contributed by atoms with van der Waals surface area (Å²) in [6.07, 6.45) is 4.55. The zero-order valence-electron chi connectivity index (χ0n) is 21.1. The van der Waals surface area contributed by atoms with E-state index in [2.05, 4.69) is 88.3 Å². The molecule has 1 aliphatic carbocycles. The normalized spacial score (nSPS) is 18.6. The zero-order valence-corrected chi connectivity index (χ0v) is 21.9. The lowest BCUT2D eigenvalue weighted by molar-refractivity contribution is 0.354. The molecule has 3 aromatic carbocycles. The van der Waals surface area contributed by atoms with Crippen LogP contribution in [-0.2, 0) is 0 Å². The molecule has 1 heterocycles. The van der Waals surface area contributed by atoms with E-state index in [4.69, 9.17) is 9.97 Å². The van der Waals surface area contributed by atoms with Gasteiger partial charge >= 0.3 is 0 Å². The van der Waals surface area contributed by atoms with Crippen molar-refractivity contribution in [1.29, 1.82) is 0 Å². The lowest BCUT2D eigenvalue weighted by atomic mass is 9.91. The molecule has 1 saturated carbocycles. The van der Waals surface area contributed by atoms with Crippen molar-refractivity contribution >= 4 is 34.4 Å². The fourth-order valence-corrected chi connectivity index (χ4v) is 6.04. The van der Waals surface area contributed by atoms with Gasteiger partial charge in [0.05, 0.1) is 5.52 Å². The van der Waals surface area contributed by atoms with Crippen LogP contribution in [0, 0.1) is 0 Å². The summed E-state index contributed by atoms with van der Waals surface area (Å²) in [7, 11) is 4.07. The van der Waals surface area contributed by atoms with E-state index in [9.17, 15) is 0 Å². The van der Waals surface area contributed by atoms with Crippen molar-refractivity contribution in [2.24, 2.45) is 0 Å². The van der Waals surface area contributed by atoms with Gasteiger partial charge in [-0.05, 0) is 55.5 Å². The van der Waals surface area contributed by atoms with Crippen LogP contribution in [0.5, 0.6) is 0 Å². The molecule has 0 aliphatic heterocycles. The summed E-state index contributed by atoms with van der Waals surface area (Å²) in [6, 6.07) is 30.8. The van der Waals surface area contributed by atoms with Gasteiger partial charge in [0, 0.05) is 48.3 Å². The molecule has 186 valence electrons. The predicted octanol–water partition coefficient (Wildman–Crippen LogP) is 6.54. The SMILES string of the molecule is CN(C)c1nc(N[C@H]2CC[C@@H](NCC(Sc3ccccc3)c3ccccc3)CC2)nc2ccccc12. The number of rotatable bonds is 9. The van der Waals surface area contributed by atoms with E-state index < -0.39 is 0 Å². The van der Waals surface area contributed by atoms with Gasteiger partial charge in [-0.25, -0.2) is 4.98 Å². The molecule has 2 N–H and O–H groups in total. The van der Waals surface area contributed by atoms with Gasteiger partial charge in [0.1, 0.15) is 5.82 Å². The molecule has 0 radical (unpaired) electrons. The van der Waals surface area contributed by atoms with Crippen LogP contribution < -0.4 is 15.5 Å². The minimum absolute atomic E-state index is 0.389. The highest BCUT2D eigenvalue weighted by Crippen LogP contribution is 2.35. The standard InChI is InChI=1S/C30H35N5S/c1-35(2)29-26-15-9-10-16-27(26)33-30(34-29)32-24-19-17-23(18-20-24)31-21-28(22-11-5-3-6-12-22)36-25-13-7-4-8-14-25/h3-16,23-24,28,31H,17-21H2,1-2H3,(H,32,33,34)/t23-,24+,28?. The maximum absolute atomic E-state index is 4.83. The number of para-hydroxylation sites is 1. The lowest BCUT2D eigenvalue weighted by Gasteiger charge is -2.31. The quantitative estimate of drug-likeness (QED) is 0.256. The van der Waals surface area contributed by atoms with E-state index >= 15 is 0 Å². The zero-order chi connectivity index (χ0) is 24.7. The van der Waals surface area contributed by atoms with Gasteiger partial charge in [-0.3, -0.25) is 0 Å². The molecule has 1 unspecified atom stereocenters. The van der Waals surface area contributed by atoms with E-state index in [1.165, 1.54) is 10.5 Å². The number of hydrogen-bond acceptors (Lipinski definition) is 6. The average molecular weight is 498 g/mol. The number of benzene rings is 3. The number of aromatic nitrogens is 2. The van der Waals surface area contributed by atoms with Gasteiger partial charge in [-0.2, -0.15) is 4.98 Å². The topological polar surface area (TPSA) is 53.1 Å². The van der Waals surface area contributed by atoms with Crippen LogP contribution in [0.3, 0.4) is 0 Å². The number of thioether (sulfide) groups is 1. The molecule has 5 rings (SSSR count). The summed E-state index contributed by atoms with van der Waals surface area (Å²) in [5, 5.41) is 8.99. The summed E-state index contributed by atoms with van der Waals surface area (Å²) in [5.41, 5.74) is 2.36. The largest absolute Gasteiger partial charge is 0.362 e. The van der Waals surface area contributed by atoms with Crippen molar-refractivity contribution in [2.45, 2.75) is 47.9 Å². The van der Waals surface area contributed by atoms with Crippen molar-refractivity contribution in [3.05, 3.63) is 90.5 Å². The second-order valence-corrected chi connectivity index (χ2v) is 11.0. The number of hydrogen-bond donors (Lipinski definition) is 2. The van der Waals surface area contributed by atoms with E-state index in [0.717, 1.165) is 54.9 Å². The second kappa shape index (κ2) is 11.8. The Kier molecular flexibility index (Phi) is 8.04. The molecule has 36 heavy (non-hydrogen) atoms. The maximum Gasteiger partial charge on any atom is 0.225 e. The Morgan fingerprint density at radius 2 is 1.44 bits per heavy atom. The Bertz CT molecular complexity index is 1240. The molecule has 1 aliphatic rings. The van der Waals surface area contributed by atoms with E-state index in [0.29, 0.717) is 17.3 Å². The van der Waals surface area contributed by atoms with Crippen LogP contribution in [0.25, 0.3) is 10.9 Å². The number of anilines is 2. The van der Waals surface area contributed by atoms with Gasteiger partial charge in [0.2, 0.25) is 5.95 Å². The first-order valence-electron chi connectivity index (χ1n) is 12.9. The second-order valence-electron chi connectivity index (χ2n) is 9.71. The van der Waals surface area contributed by atoms with Crippen LogP contribution in [0.1, 0.15) is 36.5 Å². The van der Waals surface area contributed by atoms with E-state index in [-0.39, 0.29) is 0 Å². The summed E-state index contributed by atoms with van der Waals surface area (Å²) in [4.78, 5) is 13.0. The van der Waals surface area contributed by atoms with Gasteiger partial charge in [0.25, 0.3) is 0 Å². The molecule has 1 atom stereocenters. The lowest BCUT2D eigenvalue weighted by Crippen LogP contribution is -2.38. The maximum atomic E-state index is 4.83. The Morgan fingerprint density at radius 1 is 0.806 bits per heavy atom. The fourth-order valence-electron chi connectivity index (χ4n) is 4.92. The fraction of sp³-hybridized carbons (Fsp3) is 0.333. The van der Waals surface area contributed by atoms with Crippen LogP contribution >= 0.6 is 11.8 Å². The highest BCUT2D eigenvalue weighted by molar-refractivity contribution is 7.99. The van der Waals surface area contributed by atoms with E-state index in [1.54, 1.807) is 0 Å². The first-order valence-corrected chi connectivity index (χ1v) is 13.7. The molecular weight excluding hydrogens is 462 g/mol. The Labute approximate surface area is 218 Å². The number of nitrogens with zero attached hydrogens (tertiary/aromatic N) is 3. The molecule has 0 saturated heterocycles. The third-order valence-corrected chi connectivity index (χ3v) is 8.12. The molecular formula is C30H35N5S. The van der Waals surface area contributed by atoms with Crippen LogP contribution in [-0.4, -0.2) is 42.7 Å². The molecule has 0 spiro atoms. The highest BCUT2D eigenvalue weighted by atomic mass is 32.2. The minimum Gasteiger partial charge on any atom is -0.362 e. The van der Waals surface area contributed by atoms with Crippen molar-refractivity contribution in [3.8, 4) is 0 Å². The predicted molar refractivity (Wildman–Crippen MR) is 153 cm³/mol. The van der Waals surface area contributed by atoms with Gasteiger partial charge in [-0.15, -0.1) is 11.8 Å². The van der Waals surface area contributed by atoms with Crippen LogP contribution in [0.15, 0.2) is 89.8 Å². The molecule has 1 aromatic heterocycles. The van der Waals surface area contributed by atoms with Crippen LogP contribution in [0.4, 0.5) is 11.8 Å². The minimum atomic E-state index is 0.389. The number of fused-ring (bicyclic) bond motifs is 1. The van der Waals surface area contributed by atoms with Gasteiger partial charge < -0.3 is 15.5 Å². The van der Waals surface area contributed by atoms with Gasteiger partial charge in [0.15, 0.2) is 0 Å². The first-order chi connectivity index (χ1) is 17.7. The van der Waals surface area contributed by atoms with E-state index in [1.807, 2.05) is 38.0 Å². The third-order valence-electron chi connectivity index (χ3n) is 6.85. The summed E-state index contributed by atoms with van der Waals surface area (Å²) < 4.78 is 0.